The quantitative estimate of drug-likeness (QED) is 0.462. The first-order chi connectivity index (χ1) is 14.7. The molecule has 0 N–H and O–H groups in total. The van der Waals surface area contributed by atoms with Crippen LogP contribution < -0.4 is 14.4 Å². The Bertz CT molecular complexity index is 1210. The van der Waals surface area contributed by atoms with Crippen LogP contribution in [-0.4, -0.2) is 28.6 Å². The topological polar surface area (TPSA) is 64.6 Å². The molecule has 4 aromatic rings. The van der Waals surface area contributed by atoms with Gasteiger partial charge in [-0.1, -0.05) is 35.1 Å². The molecule has 30 heavy (non-hydrogen) atoms. The molecule has 1 amide bonds. The summed E-state index contributed by atoms with van der Waals surface area (Å²) < 4.78 is 12.6. The lowest BCUT2D eigenvalue weighted by atomic mass is 10.2. The highest BCUT2D eigenvalue weighted by molar-refractivity contribution is 7.22. The second-order valence-corrected chi connectivity index (χ2v) is 8.20. The van der Waals surface area contributed by atoms with E-state index in [9.17, 15) is 4.79 Å². The van der Waals surface area contributed by atoms with Crippen molar-refractivity contribution in [2.75, 3.05) is 11.5 Å². The van der Waals surface area contributed by atoms with Crippen LogP contribution in [0, 0.1) is 0 Å². The molecule has 0 saturated heterocycles. The standard InChI is InChI=1S/C22H16ClN3O3S/c23-15-5-6-16-20(11-15)30-22(25-16)26(12-14-7-9-24-10-8-14)21(27)19-13-28-17-3-1-2-4-18(17)29-19/h1-11,19H,12-13H2/t19-/m0/s1. The van der Waals surface area contributed by atoms with Crippen molar-refractivity contribution in [2.24, 2.45) is 0 Å². The molecule has 5 rings (SSSR count). The van der Waals surface area contributed by atoms with Gasteiger partial charge in [0.15, 0.2) is 16.6 Å². The molecule has 1 atom stereocenters. The van der Waals surface area contributed by atoms with E-state index in [2.05, 4.69) is 9.97 Å². The first-order valence-corrected chi connectivity index (χ1v) is 10.5. The molecule has 0 aliphatic carbocycles. The van der Waals surface area contributed by atoms with Crippen LogP contribution >= 0.6 is 22.9 Å². The van der Waals surface area contributed by atoms with E-state index >= 15 is 0 Å². The number of carbonyl (C=O) groups excluding carboxylic acids is 1. The Morgan fingerprint density at radius 3 is 2.77 bits per heavy atom. The van der Waals surface area contributed by atoms with Gasteiger partial charge < -0.3 is 9.47 Å². The number of fused-ring (bicyclic) bond motifs is 2. The Morgan fingerprint density at radius 2 is 1.93 bits per heavy atom. The molecule has 0 spiro atoms. The Balaban J connectivity index is 1.49. The van der Waals surface area contributed by atoms with Crippen LogP contribution in [0.1, 0.15) is 5.56 Å². The molecule has 0 saturated carbocycles. The number of para-hydroxylation sites is 2. The number of amides is 1. The van der Waals surface area contributed by atoms with Gasteiger partial charge in [-0.2, -0.15) is 0 Å². The van der Waals surface area contributed by atoms with Crippen LogP contribution in [0.2, 0.25) is 5.02 Å². The summed E-state index contributed by atoms with van der Waals surface area (Å²) in [4.78, 5) is 23.9. The SMILES string of the molecule is O=C([C@@H]1COc2ccccc2O1)N(Cc1ccncc1)c1nc2ccc(Cl)cc2s1. The molecular weight excluding hydrogens is 422 g/mol. The zero-order chi connectivity index (χ0) is 20.5. The van der Waals surface area contributed by atoms with Gasteiger partial charge in [0.25, 0.3) is 5.91 Å². The Morgan fingerprint density at radius 1 is 1.13 bits per heavy atom. The highest BCUT2D eigenvalue weighted by atomic mass is 35.5. The number of anilines is 1. The van der Waals surface area contributed by atoms with E-state index in [4.69, 9.17) is 21.1 Å². The number of aromatic nitrogens is 2. The average molecular weight is 438 g/mol. The average Bonchev–Trinajstić information content (AvgIpc) is 3.20. The minimum absolute atomic E-state index is 0.138. The lowest BCUT2D eigenvalue weighted by Gasteiger charge is -2.29. The molecule has 3 heterocycles. The summed E-state index contributed by atoms with van der Waals surface area (Å²) in [6.07, 6.45) is 2.64. The molecule has 6 nitrogen and oxygen atoms in total. The molecule has 0 radical (unpaired) electrons. The lowest BCUT2D eigenvalue weighted by molar-refractivity contribution is -0.127. The molecule has 0 bridgehead atoms. The van der Waals surface area contributed by atoms with Crippen molar-refractivity contribution in [1.82, 2.24) is 9.97 Å². The summed E-state index contributed by atoms with van der Waals surface area (Å²) in [7, 11) is 0. The number of carbonyl (C=O) groups is 1. The number of thiazole rings is 1. The molecule has 1 aliphatic rings. The molecule has 0 unspecified atom stereocenters. The number of nitrogens with zero attached hydrogens (tertiary/aromatic N) is 3. The predicted octanol–water partition coefficient (Wildman–Crippen LogP) is 4.72. The summed E-state index contributed by atoms with van der Waals surface area (Å²) in [5.74, 6) is 0.977. The summed E-state index contributed by atoms with van der Waals surface area (Å²) in [6.45, 7) is 0.482. The summed E-state index contributed by atoms with van der Waals surface area (Å²) >= 11 is 7.54. The Hall–Kier alpha value is -3.16. The summed E-state index contributed by atoms with van der Waals surface area (Å²) in [6, 6.07) is 16.6. The number of halogens is 1. The zero-order valence-electron chi connectivity index (χ0n) is 15.7. The van der Waals surface area contributed by atoms with E-state index in [-0.39, 0.29) is 12.5 Å². The number of pyridine rings is 1. The van der Waals surface area contributed by atoms with Crippen LogP contribution in [0.25, 0.3) is 10.2 Å². The van der Waals surface area contributed by atoms with Gasteiger partial charge in [-0.05, 0) is 48.0 Å². The lowest BCUT2D eigenvalue weighted by Crippen LogP contribution is -2.46. The van der Waals surface area contributed by atoms with E-state index in [0.717, 1.165) is 15.8 Å². The van der Waals surface area contributed by atoms with E-state index < -0.39 is 6.10 Å². The van der Waals surface area contributed by atoms with Gasteiger partial charge >= 0.3 is 0 Å². The van der Waals surface area contributed by atoms with Crippen molar-refractivity contribution in [1.29, 1.82) is 0 Å². The summed E-state index contributed by atoms with van der Waals surface area (Å²) in [5.41, 5.74) is 1.73. The minimum Gasteiger partial charge on any atom is -0.485 e. The van der Waals surface area contributed by atoms with Gasteiger partial charge in [0.2, 0.25) is 6.10 Å². The van der Waals surface area contributed by atoms with Gasteiger partial charge in [0, 0.05) is 17.4 Å². The number of benzene rings is 2. The molecule has 150 valence electrons. The van der Waals surface area contributed by atoms with Gasteiger partial charge in [-0.25, -0.2) is 4.98 Å². The van der Waals surface area contributed by atoms with Crippen LogP contribution in [0.5, 0.6) is 11.5 Å². The molecule has 0 fully saturated rings. The molecular formula is C22H16ClN3O3S. The zero-order valence-corrected chi connectivity index (χ0v) is 17.3. The van der Waals surface area contributed by atoms with Crippen molar-refractivity contribution < 1.29 is 14.3 Å². The maximum atomic E-state index is 13.5. The van der Waals surface area contributed by atoms with Crippen LogP contribution in [-0.2, 0) is 11.3 Å². The number of hydrogen-bond donors (Lipinski definition) is 0. The number of rotatable bonds is 4. The molecule has 2 aromatic heterocycles. The third-order valence-corrected chi connectivity index (χ3v) is 5.99. The minimum atomic E-state index is -0.766. The monoisotopic (exact) mass is 437 g/mol. The Kier molecular flexibility index (Phi) is 4.98. The van der Waals surface area contributed by atoms with Crippen molar-refractivity contribution >= 4 is 44.2 Å². The number of ether oxygens (including phenoxy) is 2. The van der Waals surface area contributed by atoms with Crippen molar-refractivity contribution in [3.63, 3.8) is 0 Å². The fourth-order valence-corrected chi connectivity index (χ4v) is 4.47. The smallest absolute Gasteiger partial charge is 0.273 e. The van der Waals surface area contributed by atoms with Crippen LogP contribution in [0.4, 0.5) is 5.13 Å². The highest BCUT2D eigenvalue weighted by Gasteiger charge is 2.33. The predicted molar refractivity (Wildman–Crippen MR) is 116 cm³/mol. The second kappa shape index (κ2) is 7.93. The van der Waals surface area contributed by atoms with Crippen molar-refractivity contribution in [2.45, 2.75) is 12.6 Å². The molecule has 1 aliphatic heterocycles. The van der Waals surface area contributed by atoms with Crippen LogP contribution in [0.15, 0.2) is 67.0 Å². The van der Waals surface area contributed by atoms with Gasteiger partial charge in [-0.3, -0.25) is 14.7 Å². The van der Waals surface area contributed by atoms with Crippen molar-refractivity contribution in [3.8, 4) is 11.5 Å². The third-order valence-electron chi connectivity index (χ3n) is 4.71. The van der Waals surface area contributed by atoms with Crippen molar-refractivity contribution in [3.05, 3.63) is 77.6 Å². The normalized spacial score (nSPS) is 15.2. The summed E-state index contributed by atoms with van der Waals surface area (Å²) in [5, 5.41) is 1.21. The fraction of sp³-hybridized carbons (Fsp3) is 0.136. The number of hydrogen-bond acceptors (Lipinski definition) is 6. The van der Waals surface area contributed by atoms with E-state index in [1.54, 1.807) is 29.4 Å². The largest absolute Gasteiger partial charge is 0.485 e. The maximum Gasteiger partial charge on any atom is 0.273 e. The second-order valence-electron chi connectivity index (χ2n) is 6.75. The third kappa shape index (κ3) is 3.69. The first kappa shape index (κ1) is 18.8. The first-order valence-electron chi connectivity index (χ1n) is 9.32. The highest BCUT2D eigenvalue weighted by Crippen LogP contribution is 2.34. The van der Waals surface area contributed by atoms with Gasteiger partial charge in [-0.15, -0.1) is 0 Å². The molecule has 2 aromatic carbocycles. The van der Waals surface area contributed by atoms with E-state index in [0.29, 0.717) is 28.2 Å². The van der Waals surface area contributed by atoms with E-state index in [1.807, 2.05) is 42.5 Å². The van der Waals surface area contributed by atoms with Crippen LogP contribution in [0.3, 0.4) is 0 Å². The fourth-order valence-electron chi connectivity index (χ4n) is 3.23. The van der Waals surface area contributed by atoms with Gasteiger partial charge in [0.05, 0.1) is 16.8 Å². The van der Waals surface area contributed by atoms with E-state index in [1.165, 1.54) is 11.3 Å². The van der Waals surface area contributed by atoms with Gasteiger partial charge in [0.1, 0.15) is 6.61 Å². The Labute approximate surface area is 181 Å². The molecule has 8 heteroatoms. The maximum absolute atomic E-state index is 13.5.